The molecule has 1 saturated heterocycles. The van der Waals surface area contributed by atoms with E-state index in [1.165, 1.54) is 5.56 Å². The first kappa shape index (κ1) is 17.9. The molecule has 0 atom stereocenters. The van der Waals surface area contributed by atoms with Crippen molar-refractivity contribution in [1.29, 1.82) is 0 Å². The van der Waals surface area contributed by atoms with Crippen LogP contribution in [-0.4, -0.2) is 50.7 Å². The number of piperazine rings is 1. The summed E-state index contributed by atoms with van der Waals surface area (Å²) in [5.74, 6) is 2.92. The molecule has 0 radical (unpaired) electrons. The molecular weight excluding hydrogens is 364 g/mol. The number of fused-ring (bicyclic) bond motifs is 1. The van der Waals surface area contributed by atoms with Gasteiger partial charge in [-0.1, -0.05) is 30.3 Å². The highest BCUT2D eigenvalue weighted by Gasteiger charge is 2.24. The average molecular weight is 388 g/mol. The SMILES string of the molecule is Cc1nc2nc(-c3ccco3)nn2c(N2CCN(Cc3ccccc3)CC2)c1C. The van der Waals surface area contributed by atoms with Crippen LogP contribution in [0.2, 0.25) is 0 Å². The fourth-order valence-corrected chi connectivity index (χ4v) is 3.91. The van der Waals surface area contributed by atoms with Gasteiger partial charge in [-0.25, -0.2) is 4.98 Å². The summed E-state index contributed by atoms with van der Waals surface area (Å²) in [5.41, 5.74) is 3.49. The monoisotopic (exact) mass is 388 g/mol. The third-order valence-electron chi connectivity index (χ3n) is 5.60. The van der Waals surface area contributed by atoms with Crippen molar-refractivity contribution in [1.82, 2.24) is 24.5 Å². The normalized spacial score (nSPS) is 15.3. The zero-order chi connectivity index (χ0) is 19.8. The number of furan rings is 1. The lowest BCUT2D eigenvalue weighted by atomic mass is 10.2. The number of aromatic nitrogens is 4. The molecule has 0 amide bonds. The molecule has 1 fully saturated rings. The number of anilines is 1. The smallest absolute Gasteiger partial charge is 0.255 e. The number of rotatable bonds is 4. The lowest BCUT2D eigenvalue weighted by Gasteiger charge is -2.36. The maximum absolute atomic E-state index is 5.48. The van der Waals surface area contributed by atoms with Crippen LogP contribution in [0.3, 0.4) is 0 Å². The van der Waals surface area contributed by atoms with Gasteiger partial charge in [-0.05, 0) is 31.5 Å². The van der Waals surface area contributed by atoms with Gasteiger partial charge in [0, 0.05) is 44.0 Å². The molecule has 1 aliphatic rings. The van der Waals surface area contributed by atoms with Gasteiger partial charge >= 0.3 is 0 Å². The van der Waals surface area contributed by atoms with E-state index in [1.807, 2.05) is 23.6 Å². The molecule has 0 unspecified atom stereocenters. The summed E-state index contributed by atoms with van der Waals surface area (Å²) in [6, 6.07) is 14.4. The van der Waals surface area contributed by atoms with E-state index in [4.69, 9.17) is 9.52 Å². The van der Waals surface area contributed by atoms with Crippen molar-refractivity contribution in [2.24, 2.45) is 0 Å². The summed E-state index contributed by atoms with van der Waals surface area (Å²) in [6.45, 7) is 9.05. The van der Waals surface area contributed by atoms with Crippen molar-refractivity contribution >= 4 is 11.6 Å². The molecule has 7 nitrogen and oxygen atoms in total. The highest BCUT2D eigenvalue weighted by atomic mass is 16.3. The van der Waals surface area contributed by atoms with Gasteiger partial charge in [0.05, 0.1) is 6.26 Å². The minimum Gasteiger partial charge on any atom is -0.461 e. The van der Waals surface area contributed by atoms with Crippen LogP contribution in [0.1, 0.15) is 16.8 Å². The molecular formula is C22H24N6O. The van der Waals surface area contributed by atoms with Gasteiger partial charge < -0.3 is 9.32 Å². The Balaban J connectivity index is 1.42. The van der Waals surface area contributed by atoms with Crippen molar-refractivity contribution in [3.63, 3.8) is 0 Å². The van der Waals surface area contributed by atoms with E-state index in [2.05, 4.69) is 57.0 Å². The van der Waals surface area contributed by atoms with Gasteiger partial charge in [-0.3, -0.25) is 4.90 Å². The van der Waals surface area contributed by atoms with Crippen LogP contribution >= 0.6 is 0 Å². The Bertz CT molecular complexity index is 1110. The van der Waals surface area contributed by atoms with Crippen LogP contribution in [0.25, 0.3) is 17.4 Å². The van der Waals surface area contributed by atoms with Gasteiger partial charge in [0.2, 0.25) is 5.82 Å². The second kappa shape index (κ2) is 7.33. The molecule has 4 heterocycles. The third kappa shape index (κ3) is 3.38. The molecule has 3 aromatic heterocycles. The molecule has 4 aromatic rings. The van der Waals surface area contributed by atoms with Gasteiger partial charge in [0.25, 0.3) is 5.78 Å². The second-order valence-corrected chi connectivity index (χ2v) is 7.52. The molecule has 1 aromatic carbocycles. The molecule has 0 aliphatic carbocycles. The number of nitrogens with zero attached hydrogens (tertiary/aromatic N) is 6. The van der Waals surface area contributed by atoms with E-state index in [0.29, 0.717) is 17.4 Å². The van der Waals surface area contributed by atoms with Crippen LogP contribution in [-0.2, 0) is 6.54 Å². The summed E-state index contributed by atoms with van der Waals surface area (Å²) >= 11 is 0. The summed E-state index contributed by atoms with van der Waals surface area (Å²) in [6.07, 6.45) is 1.64. The zero-order valence-corrected chi connectivity index (χ0v) is 16.7. The minimum atomic E-state index is 0.566. The maximum atomic E-state index is 5.48. The van der Waals surface area contributed by atoms with Crippen LogP contribution in [0.15, 0.2) is 53.1 Å². The number of hydrogen-bond donors (Lipinski definition) is 0. The molecule has 0 saturated carbocycles. The van der Waals surface area contributed by atoms with Crippen molar-refractivity contribution in [2.75, 3.05) is 31.1 Å². The van der Waals surface area contributed by atoms with Gasteiger partial charge in [-0.15, -0.1) is 5.10 Å². The summed E-state index contributed by atoms with van der Waals surface area (Å²) < 4.78 is 7.35. The first-order valence-corrected chi connectivity index (χ1v) is 9.98. The Morgan fingerprint density at radius 2 is 1.72 bits per heavy atom. The first-order valence-electron chi connectivity index (χ1n) is 9.98. The Morgan fingerprint density at radius 3 is 2.45 bits per heavy atom. The van der Waals surface area contributed by atoms with E-state index in [0.717, 1.165) is 49.8 Å². The molecule has 5 rings (SSSR count). The number of benzene rings is 1. The Hall–Kier alpha value is -3.19. The van der Waals surface area contributed by atoms with E-state index >= 15 is 0 Å². The van der Waals surface area contributed by atoms with E-state index in [9.17, 15) is 0 Å². The third-order valence-corrected chi connectivity index (χ3v) is 5.60. The Labute approximate surface area is 169 Å². The second-order valence-electron chi connectivity index (χ2n) is 7.52. The van der Waals surface area contributed by atoms with Gasteiger partial charge in [0.1, 0.15) is 5.82 Å². The van der Waals surface area contributed by atoms with Crippen LogP contribution in [0.5, 0.6) is 0 Å². The zero-order valence-electron chi connectivity index (χ0n) is 16.7. The largest absolute Gasteiger partial charge is 0.461 e. The predicted octanol–water partition coefficient (Wildman–Crippen LogP) is 3.32. The lowest BCUT2D eigenvalue weighted by molar-refractivity contribution is 0.249. The fraction of sp³-hybridized carbons (Fsp3) is 0.318. The summed E-state index contributed by atoms with van der Waals surface area (Å²) in [7, 11) is 0. The van der Waals surface area contributed by atoms with Crippen molar-refractivity contribution in [2.45, 2.75) is 20.4 Å². The van der Waals surface area contributed by atoms with E-state index < -0.39 is 0 Å². The molecule has 1 aliphatic heterocycles. The highest BCUT2D eigenvalue weighted by molar-refractivity contribution is 5.58. The first-order chi connectivity index (χ1) is 14.2. The maximum Gasteiger partial charge on any atom is 0.255 e. The molecule has 29 heavy (non-hydrogen) atoms. The van der Waals surface area contributed by atoms with Crippen molar-refractivity contribution in [3.05, 3.63) is 65.5 Å². The number of aryl methyl sites for hydroxylation is 1. The van der Waals surface area contributed by atoms with Crippen LogP contribution < -0.4 is 4.90 Å². The molecule has 0 spiro atoms. The van der Waals surface area contributed by atoms with Gasteiger partial charge in [0.15, 0.2) is 5.76 Å². The van der Waals surface area contributed by atoms with E-state index in [-0.39, 0.29) is 0 Å². The molecule has 7 heteroatoms. The highest BCUT2D eigenvalue weighted by Crippen LogP contribution is 2.26. The summed E-state index contributed by atoms with van der Waals surface area (Å²) in [4.78, 5) is 14.1. The molecule has 148 valence electrons. The van der Waals surface area contributed by atoms with Crippen molar-refractivity contribution in [3.8, 4) is 11.6 Å². The fourth-order valence-electron chi connectivity index (χ4n) is 3.91. The van der Waals surface area contributed by atoms with Crippen molar-refractivity contribution < 1.29 is 4.42 Å². The quantitative estimate of drug-likeness (QED) is 0.534. The van der Waals surface area contributed by atoms with Crippen LogP contribution in [0.4, 0.5) is 5.82 Å². The summed E-state index contributed by atoms with van der Waals surface area (Å²) in [5, 5.41) is 4.71. The molecule has 0 N–H and O–H groups in total. The van der Waals surface area contributed by atoms with E-state index in [1.54, 1.807) is 6.26 Å². The van der Waals surface area contributed by atoms with Gasteiger partial charge in [-0.2, -0.15) is 9.50 Å². The molecule has 0 bridgehead atoms. The van der Waals surface area contributed by atoms with Crippen LogP contribution in [0, 0.1) is 13.8 Å². The lowest BCUT2D eigenvalue weighted by Crippen LogP contribution is -2.47. The average Bonchev–Trinajstić information content (AvgIpc) is 3.40. The number of hydrogen-bond acceptors (Lipinski definition) is 6. The standard InChI is InChI=1S/C22H24N6O/c1-16-17(2)23-22-24-20(19-9-6-14-29-19)25-28(22)21(16)27-12-10-26(11-13-27)15-18-7-4-3-5-8-18/h3-9,14H,10-13,15H2,1-2H3. The predicted molar refractivity (Wildman–Crippen MR) is 112 cm³/mol. The Kier molecular flexibility index (Phi) is 4.52. The minimum absolute atomic E-state index is 0.566. The Morgan fingerprint density at radius 1 is 0.931 bits per heavy atom. The topological polar surface area (TPSA) is 62.7 Å².